The standard InChI is InChI=1S/C13H20N4O3/c18-10(8-9-2-1-5-14-9)17-6-3-13(4-7-17)11(19)15-12(20)16-13/h9,14H,1-8H2,(H2,15,16,19,20). The van der Waals surface area contributed by atoms with E-state index in [2.05, 4.69) is 16.0 Å². The number of carbonyl (C=O) groups is 3. The SMILES string of the molecule is O=C1NC(=O)C2(CCN(C(=O)CC3CCCN3)CC2)N1. The number of piperidine rings is 1. The third kappa shape index (κ3) is 2.37. The second-order valence-electron chi connectivity index (χ2n) is 5.87. The zero-order valence-electron chi connectivity index (χ0n) is 11.4. The summed E-state index contributed by atoms with van der Waals surface area (Å²) in [5, 5.41) is 8.30. The second kappa shape index (κ2) is 5.05. The van der Waals surface area contributed by atoms with Crippen molar-refractivity contribution in [1.82, 2.24) is 20.9 Å². The first kappa shape index (κ1) is 13.4. The largest absolute Gasteiger partial charge is 0.342 e. The summed E-state index contributed by atoms with van der Waals surface area (Å²) in [6.07, 6.45) is 3.71. The molecule has 0 aromatic rings. The molecule has 3 rings (SSSR count). The number of hydrogen-bond donors (Lipinski definition) is 3. The van der Waals surface area contributed by atoms with Gasteiger partial charge in [0.1, 0.15) is 5.54 Å². The average Bonchev–Trinajstić information content (AvgIpc) is 3.00. The van der Waals surface area contributed by atoms with Gasteiger partial charge >= 0.3 is 6.03 Å². The van der Waals surface area contributed by atoms with E-state index in [0.717, 1.165) is 19.4 Å². The van der Waals surface area contributed by atoms with Gasteiger partial charge in [0.05, 0.1) is 0 Å². The van der Waals surface area contributed by atoms with Gasteiger partial charge in [-0.05, 0) is 32.2 Å². The van der Waals surface area contributed by atoms with Crippen molar-refractivity contribution in [1.29, 1.82) is 0 Å². The van der Waals surface area contributed by atoms with E-state index >= 15 is 0 Å². The van der Waals surface area contributed by atoms with Gasteiger partial charge in [0, 0.05) is 25.6 Å². The molecular formula is C13H20N4O3. The Balaban J connectivity index is 1.54. The van der Waals surface area contributed by atoms with E-state index in [-0.39, 0.29) is 11.8 Å². The molecular weight excluding hydrogens is 260 g/mol. The summed E-state index contributed by atoms with van der Waals surface area (Å²) in [4.78, 5) is 37.1. The maximum Gasteiger partial charge on any atom is 0.322 e. The minimum atomic E-state index is -0.792. The highest BCUT2D eigenvalue weighted by Gasteiger charge is 2.48. The Kier molecular flexibility index (Phi) is 3.37. The number of imide groups is 1. The smallest absolute Gasteiger partial charge is 0.322 e. The van der Waals surface area contributed by atoms with Crippen LogP contribution in [0.5, 0.6) is 0 Å². The molecule has 0 aromatic carbocycles. The quantitative estimate of drug-likeness (QED) is 0.585. The summed E-state index contributed by atoms with van der Waals surface area (Å²) in [5.41, 5.74) is -0.792. The van der Waals surface area contributed by atoms with Crippen molar-refractivity contribution in [3.8, 4) is 0 Å². The van der Waals surface area contributed by atoms with Gasteiger partial charge in [-0.3, -0.25) is 14.9 Å². The van der Waals surface area contributed by atoms with Gasteiger partial charge in [0.2, 0.25) is 5.91 Å². The van der Waals surface area contributed by atoms with Crippen LogP contribution in [0.15, 0.2) is 0 Å². The van der Waals surface area contributed by atoms with E-state index in [1.54, 1.807) is 0 Å². The summed E-state index contributed by atoms with van der Waals surface area (Å²) in [7, 11) is 0. The molecule has 0 aromatic heterocycles. The zero-order valence-corrected chi connectivity index (χ0v) is 11.4. The molecule has 20 heavy (non-hydrogen) atoms. The molecule has 1 atom stereocenters. The van der Waals surface area contributed by atoms with Gasteiger partial charge in [-0.2, -0.15) is 0 Å². The molecule has 3 N–H and O–H groups in total. The third-order valence-electron chi connectivity index (χ3n) is 4.57. The minimum Gasteiger partial charge on any atom is -0.342 e. The van der Waals surface area contributed by atoms with Gasteiger partial charge in [0.25, 0.3) is 5.91 Å². The Morgan fingerprint density at radius 3 is 2.60 bits per heavy atom. The van der Waals surface area contributed by atoms with Gasteiger partial charge in [-0.15, -0.1) is 0 Å². The second-order valence-corrected chi connectivity index (χ2v) is 5.87. The fraction of sp³-hybridized carbons (Fsp3) is 0.769. The first-order chi connectivity index (χ1) is 9.59. The number of hydrogen-bond acceptors (Lipinski definition) is 4. The molecule has 110 valence electrons. The van der Waals surface area contributed by atoms with Crippen LogP contribution in [0.25, 0.3) is 0 Å². The molecule has 0 radical (unpaired) electrons. The van der Waals surface area contributed by atoms with E-state index < -0.39 is 11.6 Å². The number of nitrogens with zero attached hydrogens (tertiary/aromatic N) is 1. The molecule has 3 aliphatic rings. The summed E-state index contributed by atoms with van der Waals surface area (Å²) in [5.74, 6) is -0.115. The van der Waals surface area contributed by atoms with Gasteiger partial charge in [-0.25, -0.2) is 4.79 Å². The van der Waals surface area contributed by atoms with Crippen LogP contribution in [0.2, 0.25) is 0 Å². The zero-order chi connectivity index (χ0) is 14.2. The Morgan fingerprint density at radius 2 is 2.05 bits per heavy atom. The van der Waals surface area contributed by atoms with Crippen molar-refractivity contribution < 1.29 is 14.4 Å². The summed E-state index contributed by atoms with van der Waals surface area (Å²) >= 11 is 0. The molecule has 0 saturated carbocycles. The number of likely N-dealkylation sites (tertiary alicyclic amines) is 1. The first-order valence-electron chi connectivity index (χ1n) is 7.24. The molecule has 3 saturated heterocycles. The van der Waals surface area contributed by atoms with Crippen molar-refractivity contribution in [2.45, 2.75) is 43.7 Å². The molecule has 0 bridgehead atoms. The van der Waals surface area contributed by atoms with Crippen LogP contribution in [-0.4, -0.2) is 54.0 Å². The number of rotatable bonds is 2. The predicted molar refractivity (Wildman–Crippen MR) is 70.9 cm³/mol. The van der Waals surface area contributed by atoms with Crippen molar-refractivity contribution in [2.75, 3.05) is 19.6 Å². The normalized spacial score (nSPS) is 28.6. The summed E-state index contributed by atoms with van der Waals surface area (Å²) in [6.45, 7) is 2.05. The highest BCUT2D eigenvalue weighted by atomic mass is 16.2. The maximum atomic E-state index is 12.2. The molecule has 4 amide bonds. The van der Waals surface area contributed by atoms with Gasteiger partial charge in [0.15, 0.2) is 0 Å². The number of amides is 4. The monoisotopic (exact) mass is 280 g/mol. The molecule has 7 nitrogen and oxygen atoms in total. The van der Waals surface area contributed by atoms with Crippen molar-refractivity contribution in [3.63, 3.8) is 0 Å². The van der Waals surface area contributed by atoms with Crippen LogP contribution in [0.3, 0.4) is 0 Å². The van der Waals surface area contributed by atoms with E-state index in [0.29, 0.717) is 38.4 Å². The molecule has 1 unspecified atom stereocenters. The fourth-order valence-electron chi connectivity index (χ4n) is 3.29. The maximum absolute atomic E-state index is 12.2. The van der Waals surface area contributed by atoms with E-state index in [1.807, 2.05) is 4.90 Å². The summed E-state index contributed by atoms with van der Waals surface area (Å²) in [6, 6.07) is -0.127. The lowest BCUT2D eigenvalue weighted by Gasteiger charge is -2.37. The van der Waals surface area contributed by atoms with Crippen LogP contribution in [0.1, 0.15) is 32.1 Å². The Bertz CT molecular complexity index is 437. The molecule has 1 spiro atoms. The lowest BCUT2D eigenvalue weighted by Crippen LogP contribution is -2.56. The molecule has 7 heteroatoms. The summed E-state index contributed by atoms with van der Waals surface area (Å²) < 4.78 is 0. The van der Waals surface area contributed by atoms with E-state index in [4.69, 9.17) is 0 Å². The third-order valence-corrected chi connectivity index (χ3v) is 4.57. The van der Waals surface area contributed by atoms with Crippen LogP contribution in [-0.2, 0) is 9.59 Å². The van der Waals surface area contributed by atoms with Gasteiger partial charge < -0.3 is 15.5 Å². The predicted octanol–water partition coefficient (Wildman–Crippen LogP) is -0.671. The Hall–Kier alpha value is -1.63. The molecule has 3 heterocycles. The van der Waals surface area contributed by atoms with Crippen molar-refractivity contribution in [3.05, 3.63) is 0 Å². The molecule has 3 aliphatic heterocycles. The van der Waals surface area contributed by atoms with Crippen LogP contribution in [0, 0.1) is 0 Å². The minimum absolute atomic E-state index is 0.143. The highest BCUT2D eigenvalue weighted by Crippen LogP contribution is 2.26. The number of urea groups is 1. The van der Waals surface area contributed by atoms with Gasteiger partial charge in [-0.1, -0.05) is 0 Å². The molecule has 0 aliphatic carbocycles. The number of carbonyl (C=O) groups excluding carboxylic acids is 3. The topological polar surface area (TPSA) is 90.5 Å². The molecule has 3 fully saturated rings. The average molecular weight is 280 g/mol. The fourth-order valence-corrected chi connectivity index (χ4v) is 3.29. The van der Waals surface area contributed by atoms with E-state index in [9.17, 15) is 14.4 Å². The lowest BCUT2D eigenvalue weighted by atomic mass is 9.87. The van der Waals surface area contributed by atoms with Crippen molar-refractivity contribution in [2.24, 2.45) is 0 Å². The first-order valence-corrected chi connectivity index (χ1v) is 7.24. The Labute approximate surface area is 117 Å². The van der Waals surface area contributed by atoms with Crippen molar-refractivity contribution >= 4 is 17.8 Å². The van der Waals surface area contributed by atoms with Crippen LogP contribution in [0.4, 0.5) is 4.79 Å². The van der Waals surface area contributed by atoms with Crippen LogP contribution < -0.4 is 16.0 Å². The lowest BCUT2D eigenvalue weighted by molar-refractivity contribution is -0.136. The number of nitrogens with one attached hydrogen (secondary N) is 3. The highest BCUT2D eigenvalue weighted by molar-refractivity contribution is 6.07. The van der Waals surface area contributed by atoms with Crippen LogP contribution >= 0.6 is 0 Å². The van der Waals surface area contributed by atoms with E-state index in [1.165, 1.54) is 0 Å². The Morgan fingerprint density at radius 1 is 1.30 bits per heavy atom.